The third kappa shape index (κ3) is 4.87. The molecule has 0 fully saturated rings. The number of hydrogen-bond donors (Lipinski definition) is 0. The normalized spacial score (nSPS) is 10.8. The van der Waals surface area contributed by atoms with Crippen LogP contribution < -0.4 is 4.74 Å². The molecule has 27 heavy (non-hydrogen) atoms. The van der Waals surface area contributed by atoms with Gasteiger partial charge < -0.3 is 4.74 Å². The molecule has 3 aromatic rings. The van der Waals surface area contributed by atoms with E-state index in [-0.39, 0.29) is 18.2 Å². The fraction of sp³-hybridized carbons (Fsp3) is 0.158. The largest absolute Gasteiger partial charge is 0.486 e. The van der Waals surface area contributed by atoms with Gasteiger partial charge in [0.05, 0.1) is 0 Å². The van der Waals surface area contributed by atoms with Gasteiger partial charge in [0.15, 0.2) is 11.0 Å². The standard InChI is InChI=1S/C19H16ClF2N3OS/c1-2-10-25-18(11-26-14-8-6-13(21)7-9-14)23-24-19(25)27-12-15-16(20)4-3-5-17(15)22/h2-9H,1,10-12H2. The molecule has 0 unspecified atom stereocenters. The minimum Gasteiger partial charge on any atom is -0.486 e. The second kappa shape index (κ2) is 9.01. The SMILES string of the molecule is C=CCn1c(COc2ccc(F)cc2)nnc1SCc1c(F)cccc1Cl. The Morgan fingerprint density at radius 3 is 2.63 bits per heavy atom. The minimum absolute atomic E-state index is 0.160. The maximum atomic E-state index is 13.9. The zero-order valence-electron chi connectivity index (χ0n) is 14.2. The zero-order valence-corrected chi connectivity index (χ0v) is 15.8. The number of nitrogens with zero attached hydrogens (tertiary/aromatic N) is 3. The number of ether oxygens (including phenoxy) is 1. The zero-order chi connectivity index (χ0) is 19.2. The van der Waals surface area contributed by atoms with E-state index in [2.05, 4.69) is 16.8 Å². The summed E-state index contributed by atoms with van der Waals surface area (Å²) in [5.74, 6) is 0.741. The molecule has 1 aromatic heterocycles. The Kier molecular flexibility index (Phi) is 6.47. The van der Waals surface area contributed by atoms with Gasteiger partial charge >= 0.3 is 0 Å². The molecular formula is C19H16ClF2N3OS. The maximum Gasteiger partial charge on any atom is 0.191 e. The smallest absolute Gasteiger partial charge is 0.191 e. The van der Waals surface area contributed by atoms with E-state index in [0.29, 0.717) is 39.6 Å². The number of thioether (sulfide) groups is 1. The van der Waals surface area contributed by atoms with Crippen LogP contribution in [0.3, 0.4) is 0 Å². The summed E-state index contributed by atoms with van der Waals surface area (Å²) in [6.45, 7) is 4.38. The third-order valence-corrected chi connectivity index (χ3v) is 5.04. The van der Waals surface area contributed by atoms with Crippen LogP contribution in [0, 0.1) is 11.6 Å². The lowest BCUT2D eigenvalue weighted by Gasteiger charge is -2.10. The molecule has 3 rings (SSSR count). The molecule has 0 aliphatic carbocycles. The van der Waals surface area contributed by atoms with E-state index < -0.39 is 0 Å². The summed E-state index contributed by atoms with van der Waals surface area (Å²) in [6.07, 6.45) is 1.71. The van der Waals surface area contributed by atoms with Gasteiger partial charge in [0.1, 0.15) is 24.0 Å². The van der Waals surface area contributed by atoms with E-state index in [1.807, 2.05) is 4.57 Å². The molecular weight excluding hydrogens is 392 g/mol. The Morgan fingerprint density at radius 1 is 1.15 bits per heavy atom. The summed E-state index contributed by atoms with van der Waals surface area (Å²) >= 11 is 7.40. The number of hydrogen-bond acceptors (Lipinski definition) is 4. The van der Waals surface area contributed by atoms with E-state index in [1.165, 1.54) is 30.0 Å². The molecule has 0 saturated heterocycles. The number of allylic oxidation sites excluding steroid dienone is 1. The van der Waals surface area contributed by atoms with E-state index in [4.69, 9.17) is 16.3 Å². The van der Waals surface area contributed by atoms with Crippen LogP contribution in [0.25, 0.3) is 0 Å². The van der Waals surface area contributed by atoms with Crippen LogP contribution in [-0.2, 0) is 18.9 Å². The van der Waals surface area contributed by atoms with Gasteiger partial charge in [-0.3, -0.25) is 4.57 Å². The topological polar surface area (TPSA) is 39.9 Å². The number of halogens is 3. The van der Waals surface area contributed by atoms with Crippen LogP contribution in [0.15, 0.2) is 60.3 Å². The van der Waals surface area contributed by atoms with E-state index in [0.717, 1.165) is 0 Å². The fourth-order valence-electron chi connectivity index (χ4n) is 2.33. The monoisotopic (exact) mass is 407 g/mol. The van der Waals surface area contributed by atoms with Gasteiger partial charge in [0, 0.05) is 22.9 Å². The molecule has 0 amide bonds. The highest BCUT2D eigenvalue weighted by molar-refractivity contribution is 7.98. The molecule has 2 aromatic carbocycles. The first-order chi connectivity index (χ1) is 13.1. The van der Waals surface area contributed by atoms with Crippen LogP contribution in [0.1, 0.15) is 11.4 Å². The molecule has 0 saturated carbocycles. The second-order valence-electron chi connectivity index (χ2n) is 5.53. The maximum absolute atomic E-state index is 13.9. The predicted octanol–water partition coefficient (Wildman–Crippen LogP) is 5.27. The van der Waals surface area contributed by atoms with Gasteiger partial charge in [-0.2, -0.15) is 0 Å². The molecule has 0 atom stereocenters. The quantitative estimate of drug-likeness (QED) is 0.377. The molecule has 1 heterocycles. The summed E-state index contributed by atoms with van der Waals surface area (Å²) < 4.78 is 34.4. The van der Waals surface area contributed by atoms with Crippen molar-refractivity contribution in [2.75, 3.05) is 0 Å². The number of rotatable bonds is 8. The Balaban J connectivity index is 1.72. The van der Waals surface area contributed by atoms with Gasteiger partial charge in [-0.25, -0.2) is 8.78 Å². The Hall–Kier alpha value is -2.38. The first-order valence-electron chi connectivity index (χ1n) is 8.05. The summed E-state index contributed by atoms with van der Waals surface area (Å²) in [4.78, 5) is 0. The van der Waals surface area contributed by atoms with Crippen molar-refractivity contribution in [3.05, 3.63) is 83.2 Å². The first-order valence-corrected chi connectivity index (χ1v) is 9.42. The molecule has 0 radical (unpaired) electrons. The molecule has 0 aliphatic heterocycles. The minimum atomic E-state index is -0.357. The Bertz CT molecular complexity index is 911. The van der Waals surface area contributed by atoms with Gasteiger partial charge in [-0.15, -0.1) is 16.8 Å². The van der Waals surface area contributed by atoms with Gasteiger partial charge in [0.2, 0.25) is 0 Å². The van der Waals surface area contributed by atoms with Crippen LogP contribution in [0.5, 0.6) is 5.75 Å². The van der Waals surface area contributed by atoms with Crippen molar-refractivity contribution in [1.82, 2.24) is 14.8 Å². The van der Waals surface area contributed by atoms with Crippen molar-refractivity contribution < 1.29 is 13.5 Å². The lowest BCUT2D eigenvalue weighted by Crippen LogP contribution is -2.07. The molecule has 4 nitrogen and oxygen atoms in total. The highest BCUT2D eigenvalue weighted by Crippen LogP contribution is 2.28. The van der Waals surface area contributed by atoms with Crippen molar-refractivity contribution in [2.45, 2.75) is 24.1 Å². The van der Waals surface area contributed by atoms with Gasteiger partial charge in [-0.1, -0.05) is 35.5 Å². The van der Waals surface area contributed by atoms with E-state index in [9.17, 15) is 8.78 Å². The highest BCUT2D eigenvalue weighted by Gasteiger charge is 2.15. The molecule has 140 valence electrons. The van der Waals surface area contributed by atoms with Gasteiger partial charge in [0.25, 0.3) is 0 Å². The van der Waals surface area contributed by atoms with Crippen molar-refractivity contribution in [3.8, 4) is 5.75 Å². The van der Waals surface area contributed by atoms with Crippen molar-refractivity contribution in [2.24, 2.45) is 0 Å². The average molecular weight is 408 g/mol. The van der Waals surface area contributed by atoms with E-state index in [1.54, 1.807) is 30.3 Å². The molecule has 0 aliphatic rings. The number of benzene rings is 2. The average Bonchev–Trinajstić information content (AvgIpc) is 3.03. The van der Waals surface area contributed by atoms with Gasteiger partial charge in [-0.05, 0) is 36.4 Å². The first kappa shape index (κ1) is 19.4. The number of aromatic nitrogens is 3. The Labute approximate surface area is 164 Å². The molecule has 0 N–H and O–H groups in total. The molecule has 0 spiro atoms. The predicted molar refractivity (Wildman–Crippen MR) is 102 cm³/mol. The third-order valence-electron chi connectivity index (χ3n) is 3.69. The summed E-state index contributed by atoms with van der Waals surface area (Å²) in [5, 5.41) is 9.28. The fourth-order valence-corrected chi connectivity index (χ4v) is 3.64. The van der Waals surface area contributed by atoms with Crippen LogP contribution in [0.4, 0.5) is 8.78 Å². The molecule has 0 bridgehead atoms. The summed E-state index contributed by atoms with van der Waals surface area (Å²) in [7, 11) is 0. The van der Waals surface area contributed by atoms with Crippen molar-refractivity contribution >= 4 is 23.4 Å². The van der Waals surface area contributed by atoms with E-state index >= 15 is 0 Å². The summed E-state index contributed by atoms with van der Waals surface area (Å²) in [6, 6.07) is 10.3. The second-order valence-corrected chi connectivity index (χ2v) is 6.88. The lowest BCUT2D eigenvalue weighted by atomic mass is 10.2. The van der Waals surface area contributed by atoms with Crippen LogP contribution >= 0.6 is 23.4 Å². The molecule has 8 heteroatoms. The van der Waals surface area contributed by atoms with Crippen LogP contribution in [-0.4, -0.2) is 14.8 Å². The van der Waals surface area contributed by atoms with Crippen molar-refractivity contribution in [3.63, 3.8) is 0 Å². The van der Waals surface area contributed by atoms with Crippen molar-refractivity contribution in [1.29, 1.82) is 0 Å². The Morgan fingerprint density at radius 2 is 1.93 bits per heavy atom. The summed E-state index contributed by atoms with van der Waals surface area (Å²) in [5.41, 5.74) is 0.418. The van der Waals surface area contributed by atoms with Crippen LogP contribution in [0.2, 0.25) is 5.02 Å². The highest BCUT2D eigenvalue weighted by atomic mass is 35.5. The lowest BCUT2D eigenvalue weighted by molar-refractivity contribution is 0.288.